The van der Waals surface area contributed by atoms with Crippen molar-refractivity contribution in [3.63, 3.8) is 0 Å². The summed E-state index contributed by atoms with van der Waals surface area (Å²) in [5.74, 6) is 1.95. The fourth-order valence-corrected chi connectivity index (χ4v) is 6.42. The van der Waals surface area contributed by atoms with E-state index >= 15 is 4.39 Å². The predicted octanol–water partition coefficient (Wildman–Crippen LogP) is 5.12. The zero-order valence-corrected chi connectivity index (χ0v) is 22.2. The highest BCUT2D eigenvalue weighted by Gasteiger charge is 2.56. The number of thiophene rings is 1. The van der Waals surface area contributed by atoms with Crippen molar-refractivity contribution in [2.45, 2.75) is 6.54 Å². The highest BCUT2D eigenvalue weighted by Crippen LogP contribution is 2.52. The van der Waals surface area contributed by atoms with Crippen LogP contribution in [0, 0.1) is 23.6 Å². The molecule has 3 heterocycles. The lowest BCUT2D eigenvalue weighted by Crippen LogP contribution is -2.38. The van der Waals surface area contributed by atoms with Gasteiger partial charge in [-0.1, -0.05) is 12.1 Å². The lowest BCUT2D eigenvalue weighted by molar-refractivity contribution is 0.122. The first kappa shape index (κ1) is 25.2. The zero-order chi connectivity index (χ0) is 26.1. The highest BCUT2D eigenvalue weighted by molar-refractivity contribution is 7.11. The molecule has 2 aromatic carbocycles. The van der Waals surface area contributed by atoms with E-state index in [9.17, 15) is 4.79 Å². The molecule has 1 aliphatic carbocycles. The molecule has 1 amide bonds. The number of rotatable bonds is 8. The Morgan fingerprint density at radius 1 is 1.11 bits per heavy atom. The van der Waals surface area contributed by atoms with Gasteiger partial charge in [-0.3, -0.25) is 9.80 Å². The Balaban J connectivity index is 1.14. The van der Waals surface area contributed by atoms with Crippen LogP contribution in [0.15, 0.2) is 60.0 Å². The maximum Gasteiger partial charge on any atom is 0.420 e. The summed E-state index contributed by atoms with van der Waals surface area (Å²) in [4.78, 5) is 19.4. The van der Waals surface area contributed by atoms with Gasteiger partial charge >= 0.3 is 6.09 Å². The van der Waals surface area contributed by atoms with Gasteiger partial charge in [0.1, 0.15) is 11.6 Å². The summed E-state index contributed by atoms with van der Waals surface area (Å²) in [7, 11) is 1.69. The monoisotopic (exact) mass is 537 g/mol. The molecular weight excluding hydrogens is 505 g/mol. The number of likely N-dealkylation sites (tertiary alicyclic amines) is 1. The maximum absolute atomic E-state index is 15.3. The van der Waals surface area contributed by atoms with Gasteiger partial charge in [0.15, 0.2) is 5.06 Å². The van der Waals surface area contributed by atoms with Crippen molar-refractivity contribution in [3.05, 3.63) is 71.4 Å². The maximum atomic E-state index is 15.3. The molecule has 1 aromatic heterocycles. The molecule has 3 aliphatic rings. The summed E-state index contributed by atoms with van der Waals surface area (Å²) < 4.78 is 31.7. The number of amides is 1. The molecule has 6 rings (SSSR count). The number of carbonyl (C=O) groups excluding carboxylic acids is 1. The Morgan fingerprint density at radius 2 is 1.92 bits per heavy atom. The van der Waals surface area contributed by atoms with Crippen molar-refractivity contribution in [3.8, 4) is 10.8 Å². The smallest absolute Gasteiger partial charge is 0.420 e. The van der Waals surface area contributed by atoms with E-state index in [1.165, 1.54) is 23.0 Å². The number of benzene rings is 2. The van der Waals surface area contributed by atoms with E-state index in [4.69, 9.17) is 14.2 Å². The number of nitrogens with zero attached hydrogens (tertiary/aromatic N) is 3. The number of ether oxygens (including phenoxy) is 3. The molecule has 0 radical (unpaired) electrons. The molecule has 2 aliphatic heterocycles. The third kappa shape index (κ3) is 5.36. The first-order valence-corrected chi connectivity index (χ1v) is 14.0. The molecule has 38 heavy (non-hydrogen) atoms. The first-order valence-electron chi connectivity index (χ1n) is 13.1. The summed E-state index contributed by atoms with van der Waals surface area (Å²) >= 11 is 1.37. The van der Waals surface area contributed by atoms with Crippen LogP contribution in [0.3, 0.4) is 0 Å². The molecule has 9 heteroatoms. The Labute approximate surface area is 226 Å². The van der Waals surface area contributed by atoms with E-state index in [2.05, 4.69) is 17.0 Å². The Bertz CT molecular complexity index is 1250. The van der Waals surface area contributed by atoms with Gasteiger partial charge in [0.25, 0.3) is 0 Å². The van der Waals surface area contributed by atoms with Crippen LogP contribution in [0.4, 0.5) is 20.6 Å². The Morgan fingerprint density at radius 3 is 2.63 bits per heavy atom. The molecule has 200 valence electrons. The molecule has 2 saturated heterocycles. The highest BCUT2D eigenvalue weighted by atomic mass is 32.1. The van der Waals surface area contributed by atoms with Crippen LogP contribution in [0.2, 0.25) is 0 Å². The standard InChI is InChI=1S/C29H32FN3O4S/c1-35-22-5-2-4-20(14-22)16-31-17-23-24(18-31)25(23)19-33(29(34)37-28-6-3-13-38-28)21-7-8-27(26(30)15-21)32-9-11-36-12-10-32/h2-8,13-15,23-25H,9-12,16-19H2,1H3. The molecule has 2 atom stereocenters. The van der Waals surface area contributed by atoms with Gasteiger partial charge in [-0.2, -0.15) is 0 Å². The number of halogens is 1. The van der Waals surface area contributed by atoms with Gasteiger partial charge in [0.05, 0.1) is 31.7 Å². The summed E-state index contributed by atoms with van der Waals surface area (Å²) in [6.07, 6.45) is -0.468. The second-order valence-corrected chi connectivity index (χ2v) is 11.1. The van der Waals surface area contributed by atoms with Crippen LogP contribution in [0.5, 0.6) is 10.8 Å². The summed E-state index contributed by atoms with van der Waals surface area (Å²) in [5.41, 5.74) is 2.30. The molecule has 0 spiro atoms. The number of piperidine rings is 1. The molecule has 7 nitrogen and oxygen atoms in total. The van der Waals surface area contributed by atoms with E-state index in [-0.39, 0.29) is 5.82 Å². The van der Waals surface area contributed by atoms with Gasteiger partial charge in [0, 0.05) is 39.3 Å². The molecule has 0 N–H and O–H groups in total. The molecular formula is C29H32FN3O4S. The largest absolute Gasteiger partial charge is 0.497 e. The number of hydrogen-bond donors (Lipinski definition) is 0. The third-order valence-electron chi connectivity index (χ3n) is 7.88. The second-order valence-electron chi connectivity index (χ2n) is 10.2. The first-order chi connectivity index (χ1) is 18.6. The van der Waals surface area contributed by atoms with Gasteiger partial charge in [-0.05, 0) is 71.2 Å². The number of hydrogen-bond acceptors (Lipinski definition) is 7. The lowest BCUT2D eigenvalue weighted by atomic mass is 10.1. The SMILES string of the molecule is COc1cccc(CN2CC3C(C2)C3CN(C(=O)Oc2cccs2)c2ccc(N3CCOCC3)c(F)c2)c1. The Kier molecular flexibility index (Phi) is 7.23. The average molecular weight is 538 g/mol. The van der Waals surface area contributed by atoms with Crippen molar-refractivity contribution in [2.75, 3.05) is 62.8 Å². The minimum absolute atomic E-state index is 0.334. The Hall–Kier alpha value is -3.14. The van der Waals surface area contributed by atoms with Crippen LogP contribution in [-0.4, -0.2) is 64.0 Å². The van der Waals surface area contributed by atoms with Crippen molar-refractivity contribution in [2.24, 2.45) is 17.8 Å². The summed E-state index contributed by atoms with van der Waals surface area (Å²) in [6.45, 7) is 5.85. The van der Waals surface area contributed by atoms with Crippen molar-refractivity contribution >= 4 is 28.8 Å². The van der Waals surface area contributed by atoms with E-state index in [1.807, 2.05) is 34.5 Å². The lowest BCUT2D eigenvalue weighted by Gasteiger charge is -2.30. The number of fused-ring (bicyclic) bond motifs is 1. The number of carbonyl (C=O) groups is 1. The molecule has 2 unspecified atom stereocenters. The zero-order valence-electron chi connectivity index (χ0n) is 21.4. The predicted molar refractivity (Wildman–Crippen MR) is 146 cm³/mol. The topological polar surface area (TPSA) is 54.5 Å². The fraction of sp³-hybridized carbons (Fsp3) is 0.414. The number of anilines is 2. The van der Waals surface area contributed by atoms with Gasteiger partial charge < -0.3 is 19.1 Å². The number of morpholine rings is 1. The average Bonchev–Trinajstić information content (AvgIpc) is 3.27. The van der Waals surface area contributed by atoms with Crippen LogP contribution in [0.25, 0.3) is 0 Å². The van der Waals surface area contributed by atoms with Gasteiger partial charge in [-0.25, -0.2) is 9.18 Å². The van der Waals surface area contributed by atoms with Gasteiger partial charge in [0.2, 0.25) is 0 Å². The van der Waals surface area contributed by atoms with E-state index in [0.29, 0.717) is 67.0 Å². The molecule has 3 aromatic rings. The summed E-state index contributed by atoms with van der Waals surface area (Å²) in [5, 5.41) is 2.40. The van der Waals surface area contributed by atoms with E-state index in [1.54, 1.807) is 24.1 Å². The summed E-state index contributed by atoms with van der Waals surface area (Å²) in [6, 6.07) is 16.9. The minimum Gasteiger partial charge on any atom is -0.497 e. The molecule has 0 bridgehead atoms. The normalized spacial score (nSPS) is 22.7. The van der Waals surface area contributed by atoms with E-state index < -0.39 is 6.09 Å². The minimum atomic E-state index is -0.468. The molecule has 3 fully saturated rings. The van der Waals surface area contributed by atoms with Crippen LogP contribution in [0.1, 0.15) is 5.56 Å². The van der Waals surface area contributed by atoms with Crippen molar-refractivity contribution in [1.29, 1.82) is 0 Å². The van der Waals surface area contributed by atoms with Crippen molar-refractivity contribution < 1.29 is 23.4 Å². The quantitative estimate of drug-likeness (QED) is 0.398. The van der Waals surface area contributed by atoms with Crippen molar-refractivity contribution in [1.82, 2.24) is 4.90 Å². The van der Waals surface area contributed by atoms with Gasteiger partial charge in [-0.15, -0.1) is 11.3 Å². The van der Waals surface area contributed by atoms with Crippen LogP contribution < -0.4 is 19.3 Å². The third-order valence-corrected chi connectivity index (χ3v) is 8.62. The van der Waals surface area contributed by atoms with Crippen LogP contribution >= 0.6 is 11.3 Å². The number of methoxy groups -OCH3 is 1. The van der Waals surface area contributed by atoms with E-state index in [0.717, 1.165) is 25.4 Å². The molecule has 1 saturated carbocycles. The van der Waals surface area contributed by atoms with Crippen LogP contribution in [-0.2, 0) is 11.3 Å². The second kappa shape index (κ2) is 10.9. The fourth-order valence-electron chi connectivity index (χ4n) is 5.85.